The highest BCUT2D eigenvalue weighted by atomic mass is 35.5. The molecule has 0 radical (unpaired) electrons. The van der Waals surface area contributed by atoms with Crippen LogP contribution in [-0.4, -0.2) is 23.9 Å². The first-order valence-corrected chi connectivity index (χ1v) is 6.28. The van der Waals surface area contributed by atoms with E-state index < -0.39 is 0 Å². The summed E-state index contributed by atoms with van der Waals surface area (Å²) in [6.07, 6.45) is 0. The van der Waals surface area contributed by atoms with Gasteiger partial charge in [-0.1, -0.05) is 17.7 Å². The molecule has 0 amide bonds. The minimum Gasteiger partial charge on any atom is -0.347 e. The van der Waals surface area contributed by atoms with Gasteiger partial charge in [-0.15, -0.1) is 0 Å². The molecule has 4 heteroatoms. The van der Waals surface area contributed by atoms with Gasteiger partial charge in [-0.3, -0.25) is 4.79 Å². The van der Waals surface area contributed by atoms with Crippen molar-refractivity contribution in [1.29, 1.82) is 0 Å². The maximum absolute atomic E-state index is 12.2. The topological polar surface area (TPSA) is 34.0 Å². The number of aryl methyl sites for hydroxylation is 2. The van der Waals surface area contributed by atoms with Crippen molar-refractivity contribution in [1.82, 2.24) is 9.88 Å². The highest BCUT2D eigenvalue weighted by Gasteiger charge is 2.19. The Hall–Kier alpha value is -1.32. The van der Waals surface area contributed by atoms with Crippen LogP contribution in [0.4, 0.5) is 0 Å². The van der Waals surface area contributed by atoms with E-state index in [4.69, 9.17) is 11.6 Å². The number of nitrogens with one attached hydrogen (secondary N) is 1. The zero-order valence-electron chi connectivity index (χ0n) is 11.1. The third kappa shape index (κ3) is 1.84. The zero-order valence-corrected chi connectivity index (χ0v) is 11.9. The molecule has 1 heterocycles. The number of aromatic nitrogens is 1. The van der Waals surface area contributed by atoms with Crippen molar-refractivity contribution in [3.8, 4) is 0 Å². The van der Waals surface area contributed by atoms with Crippen molar-refractivity contribution >= 4 is 28.3 Å². The Balaban J connectivity index is 2.80. The van der Waals surface area contributed by atoms with Crippen molar-refractivity contribution in [2.45, 2.75) is 13.8 Å². The Morgan fingerprint density at radius 1 is 1.39 bits per heavy atom. The first-order valence-electron chi connectivity index (χ1n) is 5.91. The molecule has 1 aromatic heterocycles. The van der Waals surface area contributed by atoms with E-state index in [0.29, 0.717) is 6.54 Å². The molecular weight excluding hydrogens is 248 g/mol. The Labute approximate surface area is 112 Å². The van der Waals surface area contributed by atoms with Gasteiger partial charge in [-0.25, -0.2) is 0 Å². The molecule has 18 heavy (non-hydrogen) atoms. The number of rotatable bonds is 3. The lowest BCUT2D eigenvalue weighted by molar-refractivity contribution is 0.0994. The fourth-order valence-corrected chi connectivity index (χ4v) is 2.59. The lowest BCUT2D eigenvalue weighted by Crippen LogP contribution is -2.19. The van der Waals surface area contributed by atoms with Crippen LogP contribution < -0.4 is 5.32 Å². The molecule has 0 aliphatic rings. The highest BCUT2D eigenvalue weighted by Crippen LogP contribution is 2.31. The van der Waals surface area contributed by atoms with E-state index in [0.717, 1.165) is 32.7 Å². The summed E-state index contributed by atoms with van der Waals surface area (Å²) in [7, 11) is 3.75. The van der Waals surface area contributed by atoms with Crippen molar-refractivity contribution in [3.63, 3.8) is 0 Å². The van der Waals surface area contributed by atoms with Crippen molar-refractivity contribution in [3.05, 3.63) is 34.0 Å². The second-order valence-corrected chi connectivity index (χ2v) is 4.95. The van der Waals surface area contributed by atoms with E-state index in [1.165, 1.54) is 0 Å². The Bertz CT molecular complexity index is 628. The van der Waals surface area contributed by atoms with Crippen molar-refractivity contribution in [2.24, 2.45) is 7.05 Å². The molecule has 0 aliphatic heterocycles. The summed E-state index contributed by atoms with van der Waals surface area (Å²) >= 11 is 6.15. The summed E-state index contributed by atoms with van der Waals surface area (Å²) in [6, 6.07) is 3.79. The number of carbonyl (C=O) groups excluding carboxylic acids is 1. The Morgan fingerprint density at radius 2 is 2.06 bits per heavy atom. The van der Waals surface area contributed by atoms with Gasteiger partial charge >= 0.3 is 0 Å². The van der Waals surface area contributed by atoms with E-state index in [1.807, 2.05) is 37.6 Å². The summed E-state index contributed by atoms with van der Waals surface area (Å²) in [5.41, 5.74) is 3.83. The molecule has 1 aromatic carbocycles. The molecule has 0 spiro atoms. The summed E-state index contributed by atoms with van der Waals surface area (Å²) in [6.45, 7) is 4.30. The first-order chi connectivity index (χ1) is 8.49. The van der Waals surface area contributed by atoms with Crippen LogP contribution in [0.3, 0.4) is 0 Å². The minimum atomic E-state index is 0.113. The van der Waals surface area contributed by atoms with Crippen molar-refractivity contribution < 1.29 is 4.79 Å². The van der Waals surface area contributed by atoms with E-state index in [2.05, 4.69) is 5.32 Å². The average molecular weight is 265 g/mol. The number of halogens is 1. The SMILES string of the molecule is CNCC(=O)c1c(C)n(C)c2c(C)c(Cl)ccc12. The summed E-state index contributed by atoms with van der Waals surface area (Å²) < 4.78 is 2.04. The standard InChI is InChI=1S/C14H17ClN2O/c1-8-11(15)6-5-10-13(12(18)7-16-3)9(2)17(4)14(8)10/h5-6,16H,7H2,1-4H3. The molecule has 2 rings (SSSR count). The lowest BCUT2D eigenvalue weighted by atomic mass is 10.0. The molecule has 0 unspecified atom stereocenters. The number of Topliss-reactive ketones (excluding diaryl/α,β-unsaturated/α-hetero) is 1. The van der Waals surface area contributed by atoms with Crippen LogP contribution in [0.15, 0.2) is 12.1 Å². The van der Waals surface area contributed by atoms with Crippen LogP contribution >= 0.6 is 11.6 Å². The fourth-order valence-electron chi connectivity index (χ4n) is 2.44. The first kappa shape index (κ1) is 13.1. The zero-order chi connectivity index (χ0) is 13.4. The number of hydrogen-bond acceptors (Lipinski definition) is 2. The molecule has 2 aromatic rings. The molecule has 1 N–H and O–H groups in total. The van der Waals surface area contributed by atoms with Crippen LogP contribution in [0.2, 0.25) is 5.02 Å². The summed E-state index contributed by atoms with van der Waals surface area (Å²) in [4.78, 5) is 12.2. The smallest absolute Gasteiger partial charge is 0.179 e. The number of carbonyl (C=O) groups is 1. The van der Waals surface area contributed by atoms with Crippen LogP contribution in [0, 0.1) is 13.8 Å². The van der Waals surface area contributed by atoms with Gasteiger partial charge in [0.25, 0.3) is 0 Å². The third-order valence-corrected chi connectivity index (χ3v) is 3.86. The van der Waals surface area contributed by atoms with Gasteiger partial charge in [0, 0.05) is 28.7 Å². The molecule has 0 fully saturated rings. The minimum absolute atomic E-state index is 0.113. The maximum atomic E-state index is 12.2. The number of fused-ring (bicyclic) bond motifs is 1. The Kier molecular flexibility index (Phi) is 3.46. The molecule has 96 valence electrons. The Morgan fingerprint density at radius 3 is 2.67 bits per heavy atom. The maximum Gasteiger partial charge on any atom is 0.179 e. The van der Waals surface area contributed by atoms with Crippen LogP contribution in [-0.2, 0) is 7.05 Å². The predicted molar refractivity (Wildman–Crippen MR) is 75.7 cm³/mol. The number of nitrogens with zero attached hydrogens (tertiary/aromatic N) is 1. The average Bonchev–Trinajstić information content (AvgIpc) is 2.58. The van der Waals surface area contributed by atoms with Crippen molar-refractivity contribution in [2.75, 3.05) is 13.6 Å². The predicted octanol–water partition coefficient (Wildman–Crippen LogP) is 2.85. The lowest BCUT2D eigenvalue weighted by Gasteiger charge is -2.03. The molecule has 3 nitrogen and oxygen atoms in total. The second kappa shape index (κ2) is 4.75. The largest absolute Gasteiger partial charge is 0.347 e. The molecule has 0 bridgehead atoms. The van der Waals surface area contributed by atoms with Gasteiger partial charge in [0.15, 0.2) is 5.78 Å². The summed E-state index contributed by atoms with van der Waals surface area (Å²) in [5, 5.41) is 4.62. The molecule has 0 saturated heterocycles. The van der Waals surface area contributed by atoms with Gasteiger partial charge in [0.1, 0.15) is 0 Å². The third-order valence-electron chi connectivity index (χ3n) is 3.45. The van der Waals surface area contributed by atoms with Crippen LogP contribution in [0.1, 0.15) is 21.6 Å². The number of ketones is 1. The van der Waals surface area contributed by atoms with E-state index in [9.17, 15) is 4.79 Å². The normalized spacial score (nSPS) is 11.2. The number of benzene rings is 1. The molecule has 0 aliphatic carbocycles. The van der Waals surface area contributed by atoms with Crippen LogP contribution in [0.5, 0.6) is 0 Å². The van der Waals surface area contributed by atoms with E-state index in [-0.39, 0.29) is 5.78 Å². The van der Waals surface area contributed by atoms with Gasteiger partial charge < -0.3 is 9.88 Å². The molecule has 0 saturated carbocycles. The van der Waals surface area contributed by atoms with Gasteiger partial charge in [-0.05, 0) is 32.5 Å². The van der Waals surface area contributed by atoms with Crippen LogP contribution in [0.25, 0.3) is 10.9 Å². The summed E-state index contributed by atoms with van der Waals surface area (Å²) in [5.74, 6) is 0.113. The number of likely N-dealkylation sites (N-methyl/N-ethyl adjacent to an activating group) is 1. The van der Waals surface area contributed by atoms with Gasteiger partial charge in [-0.2, -0.15) is 0 Å². The number of hydrogen-bond donors (Lipinski definition) is 1. The van der Waals surface area contributed by atoms with Gasteiger partial charge in [0.05, 0.1) is 12.1 Å². The highest BCUT2D eigenvalue weighted by molar-refractivity contribution is 6.32. The molecular formula is C14H17ClN2O. The monoisotopic (exact) mass is 264 g/mol. The van der Waals surface area contributed by atoms with E-state index >= 15 is 0 Å². The fraction of sp³-hybridized carbons (Fsp3) is 0.357. The van der Waals surface area contributed by atoms with Gasteiger partial charge in [0.2, 0.25) is 0 Å². The second-order valence-electron chi connectivity index (χ2n) is 4.54. The molecule has 0 atom stereocenters. The van der Waals surface area contributed by atoms with E-state index in [1.54, 1.807) is 7.05 Å². The quantitative estimate of drug-likeness (QED) is 0.865.